The monoisotopic (exact) mass is 258 g/mol. The van der Waals surface area contributed by atoms with Crippen LogP contribution in [0.2, 0.25) is 0 Å². The van der Waals surface area contributed by atoms with Crippen LogP contribution in [0.25, 0.3) is 5.69 Å². The van der Waals surface area contributed by atoms with Gasteiger partial charge in [0.05, 0.1) is 11.3 Å². The normalized spacial score (nSPS) is 10.5. The molecule has 0 saturated heterocycles. The summed E-state index contributed by atoms with van der Waals surface area (Å²) in [6.45, 7) is 2.03. The van der Waals surface area contributed by atoms with Crippen molar-refractivity contribution in [1.29, 1.82) is 0 Å². The molecule has 0 fully saturated rings. The number of benzene rings is 1. The summed E-state index contributed by atoms with van der Waals surface area (Å²) in [6.07, 6.45) is 4.36. The summed E-state index contributed by atoms with van der Waals surface area (Å²) in [4.78, 5) is 18.1. The topological polar surface area (TPSA) is 64.2 Å². The van der Waals surface area contributed by atoms with Crippen molar-refractivity contribution in [1.82, 2.24) is 14.5 Å². The molecule has 2 aromatic rings. The molecule has 0 aliphatic heterocycles. The van der Waals surface area contributed by atoms with Gasteiger partial charge in [-0.05, 0) is 18.2 Å². The van der Waals surface area contributed by atoms with Crippen molar-refractivity contribution in [3.8, 4) is 5.69 Å². The molecule has 0 bridgehead atoms. The number of anilines is 1. The van der Waals surface area contributed by atoms with Gasteiger partial charge in [-0.1, -0.05) is 6.92 Å². The first-order valence-electron chi connectivity index (χ1n) is 6.18. The molecule has 0 aliphatic rings. The van der Waals surface area contributed by atoms with Crippen LogP contribution in [0.15, 0.2) is 30.6 Å². The molecule has 19 heavy (non-hydrogen) atoms. The molecule has 0 unspecified atom stereocenters. The number of rotatable bonds is 3. The lowest BCUT2D eigenvalue weighted by Crippen LogP contribution is -2.23. The Balaban J connectivity index is 2.61. The SMILES string of the molecule is CCc1nccn1-c1cc(N)ccc1C(=O)N(C)C. The van der Waals surface area contributed by atoms with Crippen molar-refractivity contribution >= 4 is 11.6 Å². The number of amides is 1. The maximum absolute atomic E-state index is 12.2. The van der Waals surface area contributed by atoms with Crippen LogP contribution in [0.1, 0.15) is 23.1 Å². The van der Waals surface area contributed by atoms with E-state index in [-0.39, 0.29) is 5.91 Å². The smallest absolute Gasteiger partial charge is 0.255 e. The molecule has 2 rings (SSSR count). The lowest BCUT2D eigenvalue weighted by molar-refractivity contribution is 0.0827. The molecule has 5 nitrogen and oxygen atoms in total. The fraction of sp³-hybridized carbons (Fsp3) is 0.286. The molecule has 5 heteroatoms. The summed E-state index contributed by atoms with van der Waals surface area (Å²) in [7, 11) is 3.47. The first kappa shape index (κ1) is 13.1. The highest BCUT2D eigenvalue weighted by molar-refractivity contribution is 5.98. The number of hydrogen-bond acceptors (Lipinski definition) is 3. The van der Waals surface area contributed by atoms with Gasteiger partial charge < -0.3 is 15.2 Å². The van der Waals surface area contributed by atoms with Crippen molar-refractivity contribution in [2.45, 2.75) is 13.3 Å². The van der Waals surface area contributed by atoms with Gasteiger partial charge in [-0.15, -0.1) is 0 Å². The molecule has 0 spiro atoms. The van der Waals surface area contributed by atoms with Crippen LogP contribution in [0.4, 0.5) is 5.69 Å². The number of nitrogen functional groups attached to an aromatic ring is 1. The van der Waals surface area contributed by atoms with E-state index in [4.69, 9.17) is 5.73 Å². The average molecular weight is 258 g/mol. The van der Waals surface area contributed by atoms with E-state index in [1.807, 2.05) is 17.7 Å². The molecule has 1 amide bonds. The summed E-state index contributed by atoms with van der Waals surface area (Å²) in [5, 5.41) is 0. The summed E-state index contributed by atoms with van der Waals surface area (Å²) in [5.41, 5.74) is 7.86. The van der Waals surface area contributed by atoms with E-state index in [2.05, 4.69) is 4.98 Å². The van der Waals surface area contributed by atoms with Crippen LogP contribution in [0.5, 0.6) is 0 Å². The van der Waals surface area contributed by atoms with Crippen LogP contribution in [0.3, 0.4) is 0 Å². The Kier molecular flexibility index (Phi) is 3.55. The van der Waals surface area contributed by atoms with E-state index < -0.39 is 0 Å². The number of aryl methyl sites for hydroxylation is 1. The molecule has 0 radical (unpaired) electrons. The Morgan fingerprint density at radius 2 is 2.16 bits per heavy atom. The third kappa shape index (κ3) is 2.45. The number of imidazole rings is 1. The van der Waals surface area contributed by atoms with Gasteiger partial charge >= 0.3 is 0 Å². The van der Waals surface area contributed by atoms with Crippen molar-refractivity contribution in [3.05, 3.63) is 42.0 Å². The molecule has 1 heterocycles. The first-order valence-corrected chi connectivity index (χ1v) is 6.18. The molecule has 1 aromatic carbocycles. The maximum Gasteiger partial charge on any atom is 0.255 e. The maximum atomic E-state index is 12.2. The van der Waals surface area contributed by atoms with Crippen LogP contribution in [0, 0.1) is 0 Å². The van der Waals surface area contributed by atoms with Gasteiger partial charge in [-0.3, -0.25) is 4.79 Å². The van der Waals surface area contributed by atoms with E-state index in [1.165, 1.54) is 0 Å². The standard InChI is InChI=1S/C14H18N4O/c1-4-13-16-7-8-18(13)12-9-10(15)5-6-11(12)14(19)17(2)3/h5-9H,4,15H2,1-3H3. The predicted molar refractivity (Wildman–Crippen MR) is 75.4 cm³/mol. The number of hydrogen-bond donors (Lipinski definition) is 1. The minimum absolute atomic E-state index is 0.0502. The second-order valence-electron chi connectivity index (χ2n) is 4.54. The van der Waals surface area contributed by atoms with Gasteiger partial charge in [0.1, 0.15) is 5.82 Å². The zero-order valence-corrected chi connectivity index (χ0v) is 11.4. The highest BCUT2D eigenvalue weighted by Gasteiger charge is 2.16. The number of nitrogens with zero attached hydrogens (tertiary/aromatic N) is 3. The Morgan fingerprint density at radius 1 is 1.42 bits per heavy atom. The molecule has 0 atom stereocenters. The van der Waals surface area contributed by atoms with Crippen molar-refractivity contribution < 1.29 is 4.79 Å². The zero-order valence-electron chi connectivity index (χ0n) is 11.4. The van der Waals surface area contributed by atoms with Gasteiger partial charge in [0.2, 0.25) is 0 Å². The van der Waals surface area contributed by atoms with Gasteiger partial charge in [-0.2, -0.15) is 0 Å². The van der Waals surface area contributed by atoms with Crippen LogP contribution < -0.4 is 5.73 Å². The lowest BCUT2D eigenvalue weighted by atomic mass is 10.1. The van der Waals surface area contributed by atoms with E-state index >= 15 is 0 Å². The van der Waals surface area contributed by atoms with Crippen LogP contribution in [-0.2, 0) is 6.42 Å². The zero-order chi connectivity index (χ0) is 14.0. The fourth-order valence-corrected chi connectivity index (χ4v) is 1.98. The molecular formula is C14H18N4O. The fourth-order valence-electron chi connectivity index (χ4n) is 1.98. The Bertz CT molecular complexity index is 601. The highest BCUT2D eigenvalue weighted by atomic mass is 16.2. The Labute approximate surface area is 112 Å². The van der Waals surface area contributed by atoms with Gasteiger partial charge in [0.15, 0.2) is 0 Å². The van der Waals surface area contributed by atoms with Crippen LogP contribution in [-0.4, -0.2) is 34.5 Å². The summed E-state index contributed by atoms with van der Waals surface area (Å²) < 4.78 is 1.91. The summed E-state index contributed by atoms with van der Waals surface area (Å²) in [6, 6.07) is 5.30. The first-order chi connectivity index (χ1) is 9.04. The molecule has 0 aliphatic carbocycles. The van der Waals surface area contributed by atoms with Crippen molar-refractivity contribution in [2.75, 3.05) is 19.8 Å². The predicted octanol–water partition coefficient (Wildman–Crippen LogP) is 1.72. The number of nitrogens with two attached hydrogens (primary N) is 1. The third-order valence-electron chi connectivity index (χ3n) is 2.95. The minimum Gasteiger partial charge on any atom is -0.399 e. The molecule has 100 valence electrons. The number of aromatic nitrogens is 2. The highest BCUT2D eigenvalue weighted by Crippen LogP contribution is 2.21. The largest absolute Gasteiger partial charge is 0.399 e. The second-order valence-corrected chi connectivity index (χ2v) is 4.54. The van der Waals surface area contributed by atoms with E-state index in [0.29, 0.717) is 11.3 Å². The summed E-state index contributed by atoms with van der Waals surface area (Å²) >= 11 is 0. The third-order valence-corrected chi connectivity index (χ3v) is 2.95. The van der Waals surface area contributed by atoms with Crippen molar-refractivity contribution in [2.24, 2.45) is 0 Å². The molecular weight excluding hydrogens is 240 g/mol. The van der Waals surface area contributed by atoms with Crippen molar-refractivity contribution in [3.63, 3.8) is 0 Å². The van der Waals surface area contributed by atoms with E-state index in [1.54, 1.807) is 43.4 Å². The lowest BCUT2D eigenvalue weighted by Gasteiger charge is -2.16. The van der Waals surface area contributed by atoms with Gasteiger partial charge in [-0.25, -0.2) is 4.98 Å². The Hall–Kier alpha value is -2.30. The number of carbonyl (C=O) groups is 1. The quantitative estimate of drug-likeness (QED) is 0.852. The second kappa shape index (κ2) is 5.14. The average Bonchev–Trinajstić information content (AvgIpc) is 2.85. The van der Waals surface area contributed by atoms with Gasteiger partial charge in [0.25, 0.3) is 5.91 Å². The number of carbonyl (C=O) groups excluding carboxylic acids is 1. The minimum atomic E-state index is -0.0502. The summed E-state index contributed by atoms with van der Waals surface area (Å²) in [5.74, 6) is 0.851. The molecule has 0 saturated carbocycles. The van der Waals surface area contributed by atoms with E-state index in [9.17, 15) is 4.79 Å². The molecule has 2 N–H and O–H groups in total. The Morgan fingerprint density at radius 3 is 2.79 bits per heavy atom. The van der Waals surface area contributed by atoms with Gasteiger partial charge in [0, 0.05) is 38.6 Å². The molecule has 1 aromatic heterocycles. The van der Waals surface area contributed by atoms with Crippen LogP contribution >= 0.6 is 0 Å². The van der Waals surface area contributed by atoms with E-state index in [0.717, 1.165) is 17.9 Å².